The second-order valence-electron chi connectivity index (χ2n) is 7.92. The molecule has 2 aromatic rings. The number of halogens is 2. The second kappa shape index (κ2) is 9.61. The molecule has 0 fully saturated rings. The third kappa shape index (κ3) is 6.01. The van der Waals surface area contributed by atoms with Crippen molar-refractivity contribution in [3.63, 3.8) is 0 Å². The molecule has 1 unspecified atom stereocenters. The van der Waals surface area contributed by atoms with Crippen LogP contribution in [-0.4, -0.2) is 39.9 Å². The molecule has 0 heterocycles. The van der Waals surface area contributed by atoms with Crippen molar-refractivity contribution >= 4 is 21.8 Å². The van der Waals surface area contributed by atoms with Crippen molar-refractivity contribution in [1.82, 2.24) is 15.4 Å². The Balaban J connectivity index is 2.44. The van der Waals surface area contributed by atoms with E-state index in [0.717, 1.165) is 24.3 Å². The van der Waals surface area contributed by atoms with Crippen LogP contribution in [0.2, 0.25) is 0 Å². The number of likely N-dealkylation sites (N-methyl/N-ethyl adjacent to an activating group) is 1. The van der Waals surface area contributed by atoms with Gasteiger partial charge >= 0.3 is 0 Å². The first-order chi connectivity index (χ1) is 14.8. The molecule has 0 aliphatic carbocycles. The maximum absolute atomic E-state index is 13.7. The molecule has 2 rings (SSSR count). The van der Waals surface area contributed by atoms with Gasteiger partial charge in [-0.2, -0.15) is 0 Å². The molecule has 2 amide bonds. The molecule has 0 saturated carbocycles. The van der Waals surface area contributed by atoms with E-state index in [-0.39, 0.29) is 21.8 Å². The number of hydrogen-bond donors (Lipinski definition) is 3. The molecule has 32 heavy (non-hydrogen) atoms. The van der Waals surface area contributed by atoms with Gasteiger partial charge in [-0.05, 0) is 56.7 Å². The normalized spacial score (nSPS) is 12.7. The summed E-state index contributed by atoms with van der Waals surface area (Å²) in [5.41, 5.74) is -0.872. The highest BCUT2D eigenvalue weighted by Crippen LogP contribution is 2.26. The van der Waals surface area contributed by atoms with E-state index in [0.29, 0.717) is 0 Å². The van der Waals surface area contributed by atoms with E-state index in [1.165, 1.54) is 26.3 Å². The zero-order valence-electron chi connectivity index (χ0n) is 18.2. The zero-order valence-corrected chi connectivity index (χ0v) is 19.1. The molecule has 11 heteroatoms. The van der Waals surface area contributed by atoms with Crippen LogP contribution in [0.15, 0.2) is 41.3 Å². The van der Waals surface area contributed by atoms with Crippen LogP contribution < -0.4 is 20.1 Å². The molecular formula is C21H25F2N3O5S. The zero-order chi connectivity index (χ0) is 24.3. The van der Waals surface area contributed by atoms with E-state index in [4.69, 9.17) is 4.74 Å². The third-order valence-corrected chi connectivity index (χ3v) is 6.00. The van der Waals surface area contributed by atoms with Crippen LogP contribution in [0.4, 0.5) is 8.78 Å². The number of ether oxygens (including phenoxy) is 1. The second-order valence-corrected chi connectivity index (χ2v) is 9.57. The molecule has 2 aromatic carbocycles. The highest BCUT2D eigenvalue weighted by molar-refractivity contribution is 7.89. The first-order valence-corrected chi connectivity index (χ1v) is 11.0. The lowest BCUT2D eigenvalue weighted by Gasteiger charge is -2.22. The molecule has 0 radical (unpaired) electrons. The lowest BCUT2D eigenvalue weighted by atomic mass is 10.0. The average Bonchev–Trinajstić information content (AvgIpc) is 2.71. The van der Waals surface area contributed by atoms with Crippen molar-refractivity contribution < 1.29 is 31.5 Å². The van der Waals surface area contributed by atoms with Gasteiger partial charge in [-0.1, -0.05) is 6.07 Å². The molecule has 0 saturated heterocycles. The fourth-order valence-electron chi connectivity index (χ4n) is 2.84. The molecule has 0 aromatic heterocycles. The van der Waals surface area contributed by atoms with Gasteiger partial charge in [0.15, 0.2) is 11.6 Å². The molecule has 0 aliphatic heterocycles. The van der Waals surface area contributed by atoms with Gasteiger partial charge in [0.05, 0.1) is 7.11 Å². The molecule has 3 N–H and O–H groups in total. The van der Waals surface area contributed by atoms with Crippen LogP contribution in [0.25, 0.3) is 0 Å². The Morgan fingerprint density at radius 2 is 1.69 bits per heavy atom. The summed E-state index contributed by atoms with van der Waals surface area (Å²) in [4.78, 5) is 24.9. The Labute approximate surface area is 185 Å². The highest BCUT2D eigenvalue weighted by atomic mass is 32.2. The van der Waals surface area contributed by atoms with Gasteiger partial charge in [0, 0.05) is 18.2 Å². The Bertz CT molecular complexity index is 1130. The van der Waals surface area contributed by atoms with Crippen LogP contribution in [0, 0.1) is 11.6 Å². The molecule has 1 atom stereocenters. The summed E-state index contributed by atoms with van der Waals surface area (Å²) in [6.45, 7) is 4.97. The summed E-state index contributed by atoms with van der Waals surface area (Å²) >= 11 is 0. The van der Waals surface area contributed by atoms with Crippen LogP contribution in [0.3, 0.4) is 0 Å². The molecule has 8 nitrogen and oxygen atoms in total. The number of sulfonamides is 1. The predicted octanol–water partition coefficient (Wildman–Crippen LogP) is 2.27. The topological polar surface area (TPSA) is 114 Å². The van der Waals surface area contributed by atoms with Crippen molar-refractivity contribution in [2.45, 2.75) is 37.2 Å². The summed E-state index contributed by atoms with van der Waals surface area (Å²) in [7, 11) is -1.45. The fourth-order valence-corrected chi connectivity index (χ4v) is 4.45. The lowest BCUT2D eigenvalue weighted by molar-refractivity contribution is -0.122. The Hall–Kier alpha value is -3.05. The van der Waals surface area contributed by atoms with E-state index >= 15 is 0 Å². The van der Waals surface area contributed by atoms with Crippen molar-refractivity contribution in [2.24, 2.45) is 0 Å². The van der Waals surface area contributed by atoms with Gasteiger partial charge in [0.1, 0.15) is 16.7 Å². The predicted molar refractivity (Wildman–Crippen MR) is 114 cm³/mol. The van der Waals surface area contributed by atoms with Gasteiger partial charge in [0.2, 0.25) is 15.9 Å². The van der Waals surface area contributed by atoms with Crippen LogP contribution in [0.1, 0.15) is 42.7 Å². The van der Waals surface area contributed by atoms with Gasteiger partial charge in [-0.25, -0.2) is 21.9 Å². The number of methoxy groups -OCH3 is 1. The van der Waals surface area contributed by atoms with Gasteiger partial charge in [0.25, 0.3) is 5.91 Å². The molecule has 0 aliphatic rings. The Morgan fingerprint density at radius 3 is 2.22 bits per heavy atom. The first kappa shape index (κ1) is 25.2. The van der Waals surface area contributed by atoms with Crippen molar-refractivity contribution in [1.29, 1.82) is 0 Å². The Morgan fingerprint density at radius 1 is 1.03 bits per heavy atom. The molecule has 174 valence electrons. The first-order valence-electron chi connectivity index (χ1n) is 9.48. The van der Waals surface area contributed by atoms with E-state index < -0.39 is 45.1 Å². The number of carbonyl (C=O) groups excluding carboxylic acids is 2. The van der Waals surface area contributed by atoms with Crippen LogP contribution in [0.5, 0.6) is 5.75 Å². The lowest BCUT2D eigenvalue weighted by Crippen LogP contribution is -2.41. The number of benzene rings is 2. The van der Waals surface area contributed by atoms with Gasteiger partial charge in [-0.15, -0.1) is 0 Å². The van der Waals surface area contributed by atoms with Crippen LogP contribution in [-0.2, 0) is 14.8 Å². The van der Waals surface area contributed by atoms with E-state index in [1.807, 2.05) is 0 Å². The molecule has 0 spiro atoms. The molecular weight excluding hydrogens is 444 g/mol. The summed E-state index contributed by atoms with van der Waals surface area (Å²) in [6.07, 6.45) is 0. The third-order valence-electron chi connectivity index (χ3n) is 4.22. The highest BCUT2D eigenvalue weighted by Gasteiger charge is 2.28. The van der Waals surface area contributed by atoms with Crippen molar-refractivity contribution in [3.05, 3.63) is 59.2 Å². The Kier molecular flexibility index (Phi) is 7.58. The summed E-state index contributed by atoms with van der Waals surface area (Å²) in [5, 5.41) is 4.75. The fraction of sp³-hybridized carbons (Fsp3) is 0.333. The van der Waals surface area contributed by atoms with E-state index in [2.05, 4.69) is 15.4 Å². The number of amides is 2. The van der Waals surface area contributed by atoms with Crippen LogP contribution >= 0.6 is 0 Å². The standard InChI is InChI=1S/C21H25F2N3O5S/c1-21(2,3)26-32(29,30)17-11-13(7-9-16(17)31-5)19(27)25-18(20(28)24-4)12-6-8-14(22)15(23)10-12/h6-11,18,26H,1-5H3,(H,24,28)(H,25,27). The van der Waals surface area contributed by atoms with E-state index in [1.54, 1.807) is 20.8 Å². The minimum atomic E-state index is -4.05. The minimum absolute atomic E-state index is 0.00681. The quantitative estimate of drug-likeness (QED) is 0.576. The number of rotatable bonds is 7. The number of nitrogens with one attached hydrogen (secondary N) is 3. The van der Waals surface area contributed by atoms with E-state index in [9.17, 15) is 26.8 Å². The monoisotopic (exact) mass is 469 g/mol. The average molecular weight is 470 g/mol. The summed E-state index contributed by atoms with van der Waals surface area (Å²) in [6, 6.07) is 5.17. The van der Waals surface area contributed by atoms with Crippen molar-refractivity contribution in [3.8, 4) is 5.75 Å². The smallest absolute Gasteiger partial charge is 0.252 e. The van der Waals surface area contributed by atoms with Gasteiger partial charge < -0.3 is 15.4 Å². The maximum Gasteiger partial charge on any atom is 0.252 e. The number of carbonyl (C=O) groups is 2. The molecule has 0 bridgehead atoms. The van der Waals surface area contributed by atoms with Crippen molar-refractivity contribution in [2.75, 3.05) is 14.2 Å². The minimum Gasteiger partial charge on any atom is -0.495 e. The van der Waals surface area contributed by atoms with Gasteiger partial charge in [-0.3, -0.25) is 9.59 Å². The summed E-state index contributed by atoms with van der Waals surface area (Å²) < 4.78 is 60.2. The largest absolute Gasteiger partial charge is 0.495 e. The maximum atomic E-state index is 13.7. The summed E-state index contributed by atoms with van der Waals surface area (Å²) in [5.74, 6) is -3.76. The SMILES string of the molecule is CNC(=O)C(NC(=O)c1ccc(OC)c(S(=O)(=O)NC(C)(C)C)c1)c1ccc(F)c(F)c1. The number of hydrogen-bond acceptors (Lipinski definition) is 5.